The number of rotatable bonds is 5. The van der Waals surface area contributed by atoms with Gasteiger partial charge in [-0.05, 0) is 24.3 Å². The SMILES string of the molecule is O=C(CCc1nc2ccccc2[nH]c1=O)Nc1nc(-c2cccc(Br)c2)cs1. The average Bonchev–Trinajstić information content (AvgIpc) is 3.15. The first-order valence-electron chi connectivity index (χ1n) is 8.58. The number of para-hydroxylation sites is 2. The second-order valence-electron chi connectivity index (χ2n) is 6.13. The molecule has 2 N–H and O–H groups in total. The lowest BCUT2D eigenvalue weighted by atomic mass is 10.2. The predicted octanol–water partition coefficient (Wildman–Crippen LogP) is 4.38. The van der Waals surface area contributed by atoms with Crippen molar-refractivity contribution in [3.63, 3.8) is 0 Å². The predicted molar refractivity (Wildman–Crippen MR) is 115 cm³/mol. The summed E-state index contributed by atoms with van der Waals surface area (Å²) >= 11 is 4.81. The number of aryl methyl sites for hydroxylation is 1. The van der Waals surface area contributed by atoms with Crippen LogP contribution in [-0.4, -0.2) is 20.9 Å². The van der Waals surface area contributed by atoms with Crippen molar-refractivity contribution >= 4 is 49.3 Å². The number of fused-ring (bicyclic) bond motifs is 1. The molecule has 140 valence electrons. The summed E-state index contributed by atoms with van der Waals surface area (Å²) in [5, 5.41) is 5.21. The molecule has 0 bridgehead atoms. The highest BCUT2D eigenvalue weighted by molar-refractivity contribution is 9.10. The van der Waals surface area contributed by atoms with E-state index in [1.165, 1.54) is 11.3 Å². The number of benzene rings is 2. The molecule has 0 spiro atoms. The first-order chi connectivity index (χ1) is 13.6. The van der Waals surface area contributed by atoms with Crippen molar-refractivity contribution < 1.29 is 4.79 Å². The van der Waals surface area contributed by atoms with Crippen molar-refractivity contribution in [2.45, 2.75) is 12.8 Å². The van der Waals surface area contributed by atoms with E-state index in [9.17, 15) is 9.59 Å². The van der Waals surface area contributed by atoms with Crippen LogP contribution in [0.3, 0.4) is 0 Å². The molecule has 2 aromatic carbocycles. The van der Waals surface area contributed by atoms with E-state index in [1.54, 1.807) is 6.07 Å². The molecule has 1 amide bonds. The van der Waals surface area contributed by atoms with E-state index >= 15 is 0 Å². The zero-order valence-electron chi connectivity index (χ0n) is 14.6. The molecule has 2 aromatic heterocycles. The third kappa shape index (κ3) is 4.18. The van der Waals surface area contributed by atoms with Crippen molar-refractivity contribution in [3.05, 3.63) is 74.4 Å². The Morgan fingerprint density at radius 1 is 1.14 bits per heavy atom. The number of thiazole rings is 1. The van der Waals surface area contributed by atoms with E-state index in [4.69, 9.17) is 0 Å². The second-order valence-corrected chi connectivity index (χ2v) is 7.90. The summed E-state index contributed by atoms with van der Waals surface area (Å²) in [5.41, 5.74) is 3.24. The minimum Gasteiger partial charge on any atom is -0.319 e. The maximum atomic E-state index is 12.3. The minimum atomic E-state index is -0.266. The Morgan fingerprint density at radius 2 is 2.00 bits per heavy atom. The maximum absolute atomic E-state index is 12.3. The third-order valence-corrected chi connectivity index (χ3v) is 5.38. The van der Waals surface area contributed by atoms with E-state index < -0.39 is 0 Å². The van der Waals surface area contributed by atoms with Crippen LogP contribution in [0.1, 0.15) is 12.1 Å². The second kappa shape index (κ2) is 8.04. The Labute approximate surface area is 172 Å². The largest absolute Gasteiger partial charge is 0.319 e. The molecule has 0 saturated carbocycles. The van der Waals surface area contributed by atoms with Crippen LogP contribution in [0.4, 0.5) is 5.13 Å². The Morgan fingerprint density at radius 3 is 2.86 bits per heavy atom. The highest BCUT2D eigenvalue weighted by Crippen LogP contribution is 2.26. The van der Waals surface area contributed by atoms with Crippen molar-refractivity contribution in [1.82, 2.24) is 15.0 Å². The van der Waals surface area contributed by atoms with Gasteiger partial charge in [0, 0.05) is 28.3 Å². The first kappa shape index (κ1) is 18.5. The number of aromatic amines is 1. The van der Waals surface area contributed by atoms with Crippen LogP contribution in [0.25, 0.3) is 22.3 Å². The summed E-state index contributed by atoms with van der Waals surface area (Å²) in [7, 11) is 0. The van der Waals surface area contributed by atoms with Gasteiger partial charge < -0.3 is 10.3 Å². The normalized spacial score (nSPS) is 10.9. The summed E-state index contributed by atoms with van der Waals surface area (Å²) in [5.74, 6) is -0.204. The molecular weight excluding hydrogens is 440 g/mol. The molecule has 6 nitrogen and oxygen atoms in total. The third-order valence-electron chi connectivity index (χ3n) is 4.13. The number of nitrogens with zero attached hydrogens (tertiary/aromatic N) is 2. The van der Waals surface area contributed by atoms with E-state index in [-0.39, 0.29) is 24.3 Å². The number of carbonyl (C=O) groups excluding carboxylic acids is 1. The molecule has 0 unspecified atom stereocenters. The smallest absolute Gasteiger partial charge is 0.270 e. The number of halogens is 1. The van der Waals surface area contributed by atoms with Crippen molar-refractivity contribution in [3.8, 4) is 11.3 Å². The minimum absolute atomic E-state index is 0.153. The lowest BCUT2D eigenvalue weighted by Crippen LogP contribution is -2.18. The number of amides is 1. The molecule has 0 radical (unpaired) electrons. The molecule has 0 aliphatic carbocycles. The average molecular weight is 455 g/mol. The van der Waals surface area contributed by atoms with Gasteiger partial charge in [0.1, 0.15) is 5.69 Å². The van der Waals surface area contributed by atoms with Crippen LogP contribution in [0.5, 0.6) is 0 Å². The van der Waals surface area contributed by atoms with Gasteiger partial charge >= 0.3 is 0 Å². The fourth-order valence-electron chi connectivity index (χ4n) is 2.76. The molecule has 28 heavy (non-hydrogen) atoms. The van der Waals surface area contributed by atoms with Crippen molar-refractivity contribution in [2.75, 3.05) is 5.32 Å². The van der Waals surface area contributed by atoms with E-state index in [1.807, 2.05) is 47.8 Å². The monoisotopic (exact) mass is 454 g/mol. The number of carbonyl (C=O) groups is 1. The highest BCUT2D eigenvalue weighted by Gasteiger charge is 2.11. The molecule has 4 rings (SSSR count). The van der Waals surface area contributed by atoms with Crippen LogP contribution in [0.15, 0.2) is 63.2 Å². The van der Waals surface area contributed by atoms with Crippen LogP contribution < -0.4 is 10.9 Å². The standard InChI is InChI=1S/C20H15BrN4O2S/c21-13-5-3-4-12(10-13)17-11-28-20(24-17)25-18(26)9-8-16-19(27)23-15-7-2-1-6-14(15)22-16/h1-7,10-11H,8-9H2,(H,23,27)(H,24,25,26). The van der Waals surface area contributed by atoms with Gasteiger partial charge in [0.2, 0.25) is 5.91 Å². The number of aromatic nitrogens is 3. The number of H-pyrrole nitrogens is 1. The fraction of sp³-hybridized carbons (Fsp3) is 0.100. The maximum Gasteiger partial charge on any atom is 0.270 e. The van der Waals surface area contributed by atoms with Crippen LogP contribution in [0.2, 0.25) is 0 Å². The number of hydrogen-bond acceptors (Lipinski definition) is 5. The quantitative estimate of drug-likeness (QED) is 0.468. The van der Waals surface area contributed by atoms with Gasteiger partial charge in [-0.1, -0.05) is 40.2 Å². The Hall–Kier alpha value is -2.84. The molecule has 8 heteroatoms. The van der Waals surface area contributed by atoms with E-state index in [0.29, 0.717) is 21.9 Å². The summed E-state index contributed by atoms with van der Waals surface area (Å²) in [6.45, 7) is 0. The molecule has 0 aliphatic rings. The molecule has 0 atom stereocenters. The lowest BCUT2D eigenvalue weighted by molar-refractivity contribution is -0.116. The highest BCUT2D eigenvalue weighted by atomic mass is 79.9. The van der Waals surface area contributed by atoms with Gasteiger partial charge in [-0.15, -0.1) is 11.3 Å². The summed E-state index contributed by atoms with van der Waals surface area (Å²) < 4.78 is 0.969. The van der Waals surface area contributed by atoms with Crippen LogP contribution >= 0.6 is 27.3 Å². The number of hydrogen-bond donors (Lipinski definition) is 2. The molecule has 0 saturated heterocycles. The molecular formula is C20H15BrN4O2S. The van der Waals surface area contributed by atoms with Crippen molar-refractivity contribution in [2.24, 2.45) is 0 Å². The van der Waals surface area contributed by atoms with Crippen LogP contribution in [0, 0.1) is 0 Å². The van der Waals surface area contributed by atoms with Gasteiger partial charge in [0.15, 0.2) is 5.13 Å². The van der Waals surface area contributed by atoms with Gasteiger partial charge in [0.05, 0.1) is 16.7 Å². The van der Waals surface area contributed by atoms with Gasteiger partial charge in [-0.2, -0.15) is 0 Å². The molecule has 2 heterocycles. The zero-order chi connectivity index (χ0) is 19.5. The fourth-order valence-corrected chi connectivity index (χ4v) is 3.90. The zero-order valence-corrected chi connectivity index (χ0v) is 17.0. The molecule has 0 fully saturated rings. The van der Waals surface area contributed by atoms with E-state index in [0.717, 1.165) is 15.7 Å². The number of anilines is 1. The molecule has 0 aliphatic heterocycles. The Bertz CT molecular complexity index is 1220. The lowest BCUT2D eigenvalue weighted by Gasteiger charge is -2.03. The van der Waals surface area contributed by atoms with Crippen LogP contribution in [-0.2, 0) is 11.2 Å². The van der Waals surface area contributed by atoms with E-state index in [2.05, 4.69) is 36.2 Å². The Balaban J connectivity index is 1.41. The van der Waals surface area contributed by atoms with Gasteiger partial charge in [-0.25, -0.2) is 9.97 Å². The first-order valence-corrected chi connectivity index (χ1v) is 10.2. The van der Waals surface area contributed by atoms with Crippen molar-refractivity contribution in [1.29, 1.82) is 0 Å². The van der Waals surface area contributed by atoms with Gasteiger partial charge in [0.25, 0.3) is 5.56 Å². The van der Waals surface area contributed by atoms with Gasteiger partial charge in [-0.3, -0.25) is 9.59 Å². The Kier molecular flexibility index (Phi) is 5.31. The number of nitrogens with one attached hydrogen (secondary N) is 2. The topological polar surface area (TPSA) is 87.7 Å². The summed E-state index contributed by atoms with van der Waals surface area (Å²) in [6.07, 6.45) is 0.413. The molecule has 4 aromatic rings. The summed E-state index contributed by atoms with van der Waals surface area (Å²) in [4.78, 5) is 36.0. The summed E-state index contributed by atoms with van der Waals surface area (Å²) in [6, 6.07) is 15.1.